The van der Waals surface area contributed by atoms with Gasteiger partial charge in [-0.25, -0.2) is 0 Å². The number of halogens is 1. The van der Waals surface area contributed by atoms with Crippen molar-refractivity contribution in [3.8, 4) is 11.5 Å². The van der Waals surface area contributed by atoms with E-state index in [1.54, 1.807) is 13.8 Å². The Morgan fingerprint density at radius 1 is 0.833 bits per heavy atom. The molecule has 3 heteroatoms. The lowest BCUT2D eigenvalue weighted by Gasteiger charge is -2.11. The second kappa shape index (κ2) is 2.98. The van der Waals surface area contributed by atoms with Crippen molar-refractivity contribution in [3.63, 3.8) is 0 Å². The molecule has 0 unspecified atom stereocenters. The zero-order chi connectivity index (χ0) is 9.46. The van der Waals surface area contributed by atoms with E-state index in [2.05, 4.69) is 15.9 Å². The van der Waals surface area contributed by atoms with Gasteiger partial charge in [0.05, 0.1) is 0 Å². The number of aromatic hydroxyl groups is 2. The summed E-state index contributed by atoms with van der Waals surface area (Å²) in [6, 6.07) is 0. The maximum Gasteiger partial charge on any atom is 0.161 e. The molecule has 0 aliphatic carbocycles. The Bertz CT molecular complexity index is 227. The lowest BCUT2D eigenvalue weighted by molar-refractivity contribution is 0.397. The van der Waals surface area contributed by atoms with Gasteiger partial charge in [-0.1, -0.05) is 15.9 Å². The van der Waals surface area contributed by atoms with Crippen molar-refractivity contribution in [1.29, 1.82) is 0 Å². The van der Waals surface area contributed by atoms with E-state index in [1.165, 1.54) is 0 Å². The number of benzene rings is 1. The lowest BCUT2D eigenvalue weighted by Crippen LogP contribution is -1.88. The maximum absolute atomic E-state index is 9.42. The standard InChI is InChI=1S/C9H11BrO2/c1-4-5(2)8(11)9(12)6(3)7(4)10/h11-12H,1-3H3. The second-order valence-electron chi connectivity index (χ2n) is 2.89. The van der Waals surface area contributed by atoms with Crippen LogP contribution in [0.1, 0.15) is 16.7 Å². The first-order valence-corrected chi connectivity index (χ1v) is 4.43. The number of phenolic OH excluding ortho intramolecular Hbond substituents is 2. The molecule has 0 saturated carbocycles. The number of hydrogen-bond acceptors (Lipinski definition) is 2. The Labute approximate surface area is 80.0 Å². The minimum atomic E-state index is -0.0371. The molecule has 0 aliphatic rings. The fourth-order valence-electron chi connectivity index (χ4n) is 1.08. The Kier molecular flexibility index (Phi) is 2.33. The number of hydrogen-bond donors (Lipinski definition) is 2. The lowest BCUT2D eigenvalue weighted by atomic mass is 10.0. The van der Waals surface area contributed by atoms with Gasteiger partial charge in [0.1, 0.15) is 0 Å². The predicted octanol–water partition coefficient (Wildman–Crippen LogP) is 2.79. The summed E-state index contributed by atoms with van der Waals surface area (Å²) in [7, 11) is 0. The molecule has 2 nitrogen and oxygen atoms in total. The number of phenols is 2. The van der Waals surface area contributed by atoms with Crippen molar-refractivity contribution in [2.24, 2.45) is 0 Å². The first kappa shape index (κ1) is 9.39. The molecule has 1 aromatic carbocycles. The zero-order valence-corrected chi connectivity index (χ0v) is 8.86. The van der Waals surface area contributed by atoms with Crippen LogP contribution < -0.4 is 0 Å². The van der Waals surface area contributed by atoms with Gasteiger partial charge in [0.25, 0.3) is 0 Å². The molecule has 0 saturated heterocycles. The highest BCUT2D eigenvalue weighted by Crippen LogP contribution is 2.39. The third-order valence-electron chi connectivity index (χ3n) is 2.16. The highest BCUT2D eigenvalue weighted by Gasteiger charge is 2.13. The first-order valence-electron chi connectivity index (χ1n) is 3.64. The fraction of sp³-hybridized carbons (Fsp3) is 0.333. The van der Waals surface area contributed by atoms with Crippen LogP contribution in [0.2, 0.25) is 0 Å². The van der Waals surface area contributed by atoms with Crippen LogP contribution in [0.5, 0.6) is 11.5 Å². The van der Waals surface area contributed by atoms with E-state index in [4.69, 9.17) is 0 Å². The molecule has 0 fully saturated rings. The summed E-state index contributed by atoms with van der Waals surface area (Å²) in [4.78, 5) is 0. The van der Waals surface area contributed by atoms with Gasteiger partial charge in [-0.05, 0) is 31.9 Å². The molecule has 12 heavy (non-hydrogen) atoms. The van der Waals surface area contributed by atoms with Gasteiger partial charge in [-0.15, -0.1) is 0 Å². The second-order valence-corrected chi connectivity index (χ2v) is 3.68. The molecule has 1 aromatic rings. The van der Waals surface area contributed by atoms with Crippen LogP contribution in [0.25, 0.3) is 0 Å². The third-order valence-corrected chi connectivity index (χ3v) is 3.35. The van der Waals surface area contributed by atoms with E-state index < -0.39 is 0 Å². The minimum absolute atomic E-state index is 0.0202. The molecule has 1 rings (SSSR count). The minimum Gasteiger partial charge on any atom is -0.504 e. The van der Waals surface area contributed by atoms with Gasteiger partial charge in [0.15, 0.2) is 11.5 Å². The van der Waals surface area contributed by atoms with Crippen molar-refractivity contribution in [2.45, 2.75) is 20.8 Å². The molecular weight excluding hydrogens is 220 g/mol. The van der Waals surface area contributed by atoms with Gasteiger partial charge in [-0.3, -0.25) is 0 Å². The van der Waals surface area contributed by atoms with Crippen LogP contribution in [-0.2, 0) is 0 Å². The topological polar surface area (TPSA) is 40.5 Å². The molecule has 0 heterocycles. The predicted molar refractivity (Wildman–Crippen MR) is 51.7 cm³/mol. The summed E-state index contributed by atoms with van der Waals surface area (Å²) in [6.07, 6.45) is 0. The van der Waals surface area contributed by atoms with Gasteiger partial charge in [0.2, 0.25) is 0 Å². The molecule has 0 bridgehead atoms. The maximum atomic E-state index is 9.42. The number of rotatable bonds is 0. The Morgan fingerprint density at radius 2 is 1.25 bits per heavy atom. The van der Waals surface area contributed by atoms with E-state index in [0.29, 0.717) is 11.1 Å². The summed E-state index contributed by atoms with van der Waals surface area (Å²) < 4.78 is 0.857. The van der Waals surface area contributed by atoms with Crippen LogP contribution in [0, 0.1) is 20.8 Å². The van der Waals surface area contributed by atoms with Gasteiger partial charge in [0, 0.05) is 10.0 Å². The average molecular weight is 231 g/mol. The van der Waals surface area contributed by atoms with Crippen LogP contribution in [0.3, 0.4) is 0 Å². The summed E-state index contributed by atoms with van der Waals surface area (Å²) in [6.45, 7) is 5.42. The summed E-state index contributed by atoms with van der Waals surface area (Å²) in [5, 5.41) is 18.8. The van der Waals surface area contributed by atoms with Gasteiger partial charge >= 0.3 is 0 Å². The van der Waals surface area contributed by atoms with Crippen molar-refractivity contribution in [1.82, 2.24) is 0 Å². The Morgan fingerprint density at radius 3 is 1.75 bits per heavy atom. The molecule has 66 valence electrons. The largest absolute Gasteiger partial charge is 0.504 e. The Balaban J connectivity index is 3.60. The zero-order valence-electron chi connectivity index (χ0n) is 7.27. The van der Waals surface area contributed by atoms with Crippen LogP contribution in [-0.4, -0.2) is 10.2 Å². The molecule has 0 aromatic heterocycles. The van der Waals surface area contributed by atoms with Gasteiger partial charge < -0.3 is 10.2 Å². The third kappa shape index (κ3) is 1.18. The van der Waals surface area contributed by atoms with Crippen LogP contribution in [0.4, 0.5) is 0 Å². The molecule has 0 aliphatic heterocycles. The van der Waals surface area contributed by atoms with Crippen molar-refractivity contribution in [2.75, 3.05) is 0 Å². The highest BCUT2D eigenvalue weighted by atomic mass is 79.9. The van der Waals surface area contributed by atoms with E-state index >= 15 is 0 Å². The normalized spacial score (nSPS) is 10.3. The smallest absolute Gasteiger partial charge is 0.161 e. The molecule has 0 amide bonds. The molecule has 2 N–H and O–H groups in total. The average Bonchev–Trinajstić information content (AvgIpc) is 2.08. The molecular formula is C9H11BrO2. The van der Waals surface area contributed by atoms with Crippen molar-refractivity contribution >= 4 is 15.9 Å². The SMILES string of the molecule is Cc1c(C)c(Br)c(C)c(O)c1O. The fourth-order valence-corrected chi connectivity index (χ4v) is 1.57. The van der Waals surface area contributed by atoms with Crippen LogP contribution in [0.15, 0.2) is 4.47 Å². The summed E-state index contributed by atoms with van der Waals surface area (Å²) >= 11 is 3.34. The highest BCUT2D eigenvalue weighted by molar-refractivity contribution is 9.10. The van der Waals surface area contributed by atoms with E-state index in [0.717, 1.165) is 10.0 Å². The molecule has 0 atom stereocenters. The van der Waals surface area contributed by atoms with Crippen molar-refractivity contribution < 1.29 is 10.2 Å². The molecule has 0 spiro atoms. The first-order chi connectivity index (χ1) is 5.46. The van der Waals surface area contributed by atoms with E-state index in [1.807, 2.05) is 6.92 Å². The summed E-state index contributed by atoms with van der Waals surface area (Å²) in [5.74, 6) is -0.0572. The molecule has 0 radical (unpaired) electrons. The Hall–Kier alpha value is -0.700. The van der Waals surface area contributed by atoms with Gasteiger partial charge in [-0.2, -0.15) is 0 Å². The van der Waals surface area contributed by atoms with Crippen LogP contribution >= 0.6 is 15.9 Å². The summed E-state index contributed by atoms with van der Waals surface area (Å²) in [5.41, 5.74) is 2.35. The quantitative estimate of drug-likeness (QED) is 0.674. The monoisotopic (exact) mass is 230 g/mol. The van der Waals surface area contributed by atoms with E-state index in [9.17, 15) is 10.2 Å². The van der Waals surface area contributed by atoms with Crippen molar-refractivity contribution in [3.05, 3.63) is 21.2 Å². The van der Waals surface area contributed by atoms with E-state index in [-0.39, 0.29) is 11.5 Å².